The molecule has 1 amide bonds. The molecule has 0 saturated heterocycles. The van der Waals surface area contributed by atoms with Crippen LogP contribution in [-0.2, 0) is 4.79 Å². The van der Waals surface area contributed by atoms with Crippen LogP contribution in [0.3, 0.4) is 0 Å². The molecule has 0 unspecified atom stereocenters. The van der Waals surface area contributed by atoms with E-state index in [1.165, 1.54) is 6.92 Å². The summed E-state index contributed by atoms with van der Waals surface area (Å²) in [5.41, 5.74) is 3.80. The fourth-order valence-electron chi connectivity index (χ4n) is 2.75. The van der Waals surface area contributed by atoms with Crippen molar-refractivity contribution in [3.63, 3.8) is 0 Å². The van der Waals surface area contributed by atoms with Crippen LogP contribution in [-0.4, -0.2) is 17.8 Å². The smallest absolute Gasteiger partial charge is 0.265 e. The Balaban J connectivity index is 1.60. The van der Waals surface area contributed by atoms with E-state index in [-0.39, 0.29) is 11.7 Å². The summed E-state index contributed by atoms with van der Waals surface area (Å²) in [4.78, 5) is 23.7. The van der Waals surface area contributed by atoms with Crippen molar-refractivity contribution in [1.82, 2.24) is 0 Å². The molecule has 0 spiro atoms. The van der Waals surface area contributed by atoms with Crippen molar-refractivity contribution in [2.45, 2.75) is 20.0 Å². The number of amides is 1. The molecule has 0 aliphatic heterocycles. The van der Waals surface area contributed by atoms with E-state index in [2.05, 4.69) is 11.4 Å². The molecule has 29 heavy (non-hydrogen) atoms. The van der Waals surface area contributed by atoms with Crippen LogP contribution in [0.4, 0.5) is 5.69 Å². The first kappa shape index (κ1) is 19.8. The van der Waals surface area contributed by atoms with Crippen LogP contribution in [0.15, 0.2) is 72.8 Å². The minimum atomic E-state index is -0.691. The number of carbonyl (C=O) groups is 2. The average Bonchev–Trinajstić information content (AvgIpc) is 2.74. The molecule has 0 saturated carbocycles. The van der Waals surface area contributed by atoms with Gasteiger partial charge in [-0.1, -0.05) is 24.3 Å². The summed E-state index contributed by atoms with van der Waals surface area (Å²) < 4.78 is 5.73. The van der Waals surface area contributed by atoms with Crippen LogP contribution in [0.5, 0.6) is 5.75 Å². The summed E-state index contributed by atoms with van der Waals surface area (Å²) in [7, 11) is 0. The maximum absolute atomic E-state index is 12.4. The second-order valence-corrected chi connectivity index (χ2v) is 6.60. The predicted octanol–water partition coefficient (Wildman–Crippen LogP) is 4.83. The number of nitriles is 1. The first-order valence-electron chi connectivity index (χ1n) is 9.15. The van der Waals surface area contributed by atoms with E-state index in [9.17, 15) is 9.59 Å². The first-order valence-corrected chi connectivity index (χ1v) is 9.15. The highest BCUT2D eigenvalue weighted by atomic mass is 16.5. The van der Waals surface area contributed by atoms with Crippen molar-refractivity contribution in [3.8, 4) is 22.9 Å². The van der Waals surface area contributed by atoms with Gasteiger partial charge in [0.1, 0.15) is 5.75 Å². The number of ether oxygens (including phenoxy) is 1. The van der Waals surface area contributed by atoms with E-state index in [1.807, 2.05) is 24.3 Å². The van der Waals surface area contributed by atoms with E-state index >= 15 is 0 Å². The van der Waals surface area contributed by atoms with Gasteiger partial charge >= 0.3 is 0 Å². The van der Waals surface area contributed by atoms with E-state index in [0.717, 1.165) is 11.1 Å². The minimum Gasteiger partial charge on any atom is -0.481 e. The zero-order valence-electron chi connectivity index (χ0n) is 16.2. The van der Waals surface area contributed by atoms with Gasteiger partial charge in [0.15, 0.2) is 11.9 Å². The fraction of sp³-hybridized carbons (Fsp3) is 0.125. The highest BCUT2D eigenvalue weighted by Gasteiger charge is 2.15. The normalized spacial score (nSPS) is 11.2. The Morgan fingerprint density at radius 2 is 1.45 bits per heavy atom. The van der Waals surface area contributed by atoms with Crippen LogP contribution < -0.4 is 10.1 Å². The molecule has 3 rings (SSSR count). The lowest BCUT2D eigenvalue weighted by Gasteiger charge is -2.15. The van der Waals surface area contributed by atoms with Gasteiger partial charge in [0.2, 0.25) is 0 Å². The van der Waals surface area contributed by atoms with Crippen molar-refractivity contribution in [3.05, 3.63) is 83.9 Å². The molecule has 0 aromatic heterocycles. The molecule has 0 radical (unpaired) electrons. The van der Waals surface area contributed by atoms with Gasteiger partial charge in [0.25, 0.3) is 5.91 Å². The van der Waals surface area contributed by atoms with Crippen molar-refractivity contribution in [2.75, 3.05) is 5.32 Å². The summed E-state index contributed by atoms with van der Waals surface area (Å²) in [5, 5.41) is 11.7. The number of nitrogens with zero attached hydrogens (tertiary/aromatic N) is 1. The number of ketones is 1. The Kier molecular flexibility index (Phi) is 6.06. The SMILES string of the molecule is CC(=O)c1ccc(NC(=O)[C@H](C)Oc2ccc(-c3ccc(C#N)cc3)cc2)cc1. The first-order chi connectivity index (χ1) is 14.0. The Bertz CT molecular complexity index is 1050. The van der Waals surface area contributed by atoms with Crippen LogP contribution >= 0.6 is 0 Å². The zero-order valence-corrected chi connectivity index (χ0v) is 16.2. The molecule has 3 aromatic carbocycles. The Morgan fingerprint density at radius 1 is 0.897 bits per heavy atom. The summed E-state index contributed by atoms with van der Waals surface area (Å²) in [5.74, 6) is 0.276. The fourth-order valence-corrected chi connectivity index (χ4v) is 2.75. The molecule has 5 heteroatoms. The van der Waals surface area contributed by atoms with Gasteiger partial charge < -0.3 is 10.1 Å². The van der Waals surface area contributed by atoms with E-state index in [1.54, 1.807) is 55.5 Å². The lowest BCUT2D eigenvalue weighted by Crippen LogP contribution is -2.30. The van der Waals surface area contributed by atoms with Crippen LogP contribution in [0.1, 0.15) is 29.8 Å². The molecular weight excluding hydrogens is 364 g/mol. The van der Waals surface area contributed by atoms with Crippen LogP contribution in [0.25, 0.3) is 11.1 Å². The largest absolute Gasteiger partial charge is 0.481 e. The number of Topliss-reactive ketones (excluding diaryl/α,β-unsaturated/α-hetero) is 1. The van der Waals surface area contributed by atoms with Crippen molar-refractivity contribution < 1.29 is 14.3 Å². The van der Waals surface area contributed by atoms with Gasteiger partial charge in [-0.25, -0.2) is 0 Å². The third-order valence-electron chi connectivity index (χ3n) is 4.44. The monoisotopic (exact) mass is 384 g/mol. The quantitative estimate of drug-likeness (QED) is 0.617. The average molecular weight is 384 g/mol. The Morgan fingerprint density at radius 3 is 1.97 bits per heavy atom. The highest BCUT2D eigenvalue weighted by Crippen LogP contribution is 2.23. The highest BCUT2D eigenvalue weighted by molar-refractivity contribution is 5.96. The van der Waals surface area contributed by atoms with Gasteiger partial charge in [-0.3, -0.25) is 9.59 Å². The molecule has 0 aliphatic carbocycles. The van der Waals surface area contributed by atoms with Crippen molar-refractivity contribution in [2.24, 2.45) is 0 Å². The van der Waals surface area contributed by atoms with E-state index in [0.29, 0.717) is 22.6 Å². The molecule has 144 valence electrons. The lowest BCUT2D eigenvalue weighted by atomic mass is 10.0. The maximum atomic E-state index is 12.4. The van der Waals surface area contributed by atoms with Gasteiger partial charge in [0.05, 0.1) is 11.6 Å². The minimum absolute atomic E-state index is 0.0240. The van der Waals surface area contributed by atoms with Crippen LogP contribution in [0.2, 0.25) is 0 Å². The summed E-state index contributed by atoms with van der Waals surface area (Å²) in [6.45, 7) is 3.17. The molecule has 1 N–H and O–H groups in total. The summed E-state index contributed by atoms with van der Waals surface area (Å²) in [6, 6.07) is 23.6. The molecule has 3 aromatic rings. The number of benzene rings is 3. The van der Waals surface area contributed by atoms with Gasteiger partial charge in [-0.15, -0.1) is 0 Å². The maximum Gasteiger partial charge on any atom is 0.265 e. The molecule has 0 heterocycles. The second kappa shape index (κ2) is 8.85. The Labute approximate surface area is 169 Å². The topological polar surface area (TPSA) is 79.2 Å². The Hall–Kier alpha value is -3.91. The number of hydrogen-bond donors (Lipinski definition) is 1. The third-order valence-corrected chi connectivity index (χ3v) is 4.44. The van der Waals surface area contributed by atoms with E-state index in [4.69, 9.17) is 10.00 Å². The van der Waals surface area contributed by atoms with Gasteiger partial charge in [-0.2, -0.15) is 5.26 Å². The molecule has 1 atom stereocenters. The third kappa shape index (κ3) is 5.08. The number of anilines is 1. The summed E-state index contributed by atoms with van der Waals surface area (Å²) in [6.07, 6.45) is -0.691. The van der Waals surface area contributed by atoms with Crippen molar-refractivity contribution in [1.29, 1.82) is 5.26 Å². The molecule has 5 nitrogen and oxygen atoms in total. The van der Waals surface area contributed by atoms with Gasteiger partial charge in [-0.05, 0) is 73.5 Å². The lowest BCUT2D eigenvalue weighted by molar-refractivity contribution is -0.122. The molecule has 0 aliphatic rings. The molecular formula is C24H20N2O3. The number of nitrogens with one attached hydrogen (secondary N) is 1. The van der Waals surface area contributed by atoms with Crippen LogP contribution in [0, 0.1) is 11.3 Å². The zero-order chi connectivity index (χ0) is 20.8. The second-order valence-electron chi connectivity index (χ2n) is 6.60. The number of hydrogen-bond acceptors (Lipinski definition) is 4. The number of rotatable bonds is 6. The molecule has 0 fully saturated rings. The molecule has 0 bridgehead atoms. The number of carbonyl (C=O) groups excluding carboxylic acids is 2. The summed E-state index contributed by atoms with van der Waals surface area (Å²) >= 11 is 0. The predicted molar refractivity (Wildman–Crippen MR) is 112 cm³/mol. The van der Waals surface area contributed by atoms with Gasteiger partial charge in [0, 0.05) is 11.3 Å². The van der Waals surface area contributed by atoms with E-state index < -0.39 is 6.10 Å². The standard InChI is InChI=1S/C24H20N2O3/c1-16(27)19-7-11-22(12-8-19)26-24(28)17(2)29-23-13-9-21(10-14-23)20-5-3-18(15-25)4-6-20/h3-14,17H,1-2H3,(H,26,28)/t17-/m0/s1. The van der Waals surface area contributed by atoms with Crippen molar-refractivity contribution >= 4 is 17.4 Å².